The third kappa shape index (κ3) is 5.89. The van der Waals surface area contributed by atoms with Crippen LogP contribution in [0.15, 0.2) is 24.3 Å². The van der Waals surface area contributed by atoms with Crippen molar-refractivity contribution in [2.75, 3.05) is 13.2 Å². The minimum absolute atomic E-state index is 0.0156. The van der Waals surface area contributed by atoms with Crippen LogP contribution in [0.1, 0.15) is 34.1 Å². The molecule has 2 rings (SSSR count). The van der Waals surface area contributed by atoms with Gasteiger partial charge in [0.25, 0.3) is 0 Å². The largest absolute Gasteiger partial charge is 0.490 e. The van der Waals surface area contributed by atoms with Gasteiger partial charge < -0.3 is 13.9 Å². The van der Waals surface area contributed by atoms with E-state index < -0.39 is 14.8 Å². The topological polar surface area (TPSA) is 48.0 Å². The molecule has 1 aromatic carbocycles. The van der Waals surface area contributed by atoms with Gasteiger partial charge in [-0.2, -0.15) is 0 Å². The lowest BCUT2D eigenvalue weighted by Gasteiger charge is -2.42. The Morgan fingerprint density at radius 3 is 2.58 bits per heavy atom. The van der Waals surface area contributed by atoms with E-state index in [-0.39, 0.29) is 24.2 Å². The van der Waals surface area contributed by atoms with Crippen LogP contribution in [-0.4, -0.2) is 45.0 Å². The summed E-state index contributed by atoms with van der Waals surface area (Å²) in [4.78, 5) is 14.2. The van der Waals surface area contributed by atoms with Gasteiger partial charge in [0, 0.05) is 5.02 Å². The standard InChI is InChI=1S/C19H29ClNO4Si/c1-18(2,3)13-19(4,25-26(5)6)21-11-16(24-17(21)22)12-23-15-9-7-8-14(20)10-15/h7-10,16H,11-13H2,1-6H3/t16-,19-/m0/s1. The van der Waals surface area contributed by atoms with Crippen molar-refractivity contribution in [1.82, 2.24) is 4.90 Å². The first-order chi connectivity index (χ1) is 12.0. The Labute approximate surface area is 163 Å². The number of rotatable bonds is 7. The molecule has 1 radical (unpaired) electrons. The minimum atomic E-state index is -0.995. The van der Waals surface area contributed by atoms with Crippen molar-refractivity contribution in [3.63, 3.8) is 0 Å². The van der Waals surface area contributed by atoms with E-state index >= 15 is 0 Å². The van der Waals surface area contributed by atoms with Crippen molar-refractivity contribution >= 4 is 26.7 Å². The van der Waals surface area contributed by atoms with Gasteiger partial charge in [0.2, 0.25) is 9.04 Å². The van der Waals surface area contributed by atoms with Gasteiger partial charge >= 0.3 is 6.09 Å². The Morgan fingerprint density at radius 2 is 2.00 bits per heavy atom. The number of amides is 1. The number of ether oxygens (including phenoxy) is 2. The summed E-state index contributed by atoms with van der Waals surface area (Å²) in [6.07, 6.45) is 0.0424. The molecule has 1 fully saturated rings. The molecule has 1 heterocycles. The van der Waals surface area contributed by atoms with Gasteiger partial charge in [-0.15, -0.1) is 0 Å². The zero-order chi connectivity index (χ0) is 19.5. The quantitative estimate of drug-likeness (QED) is 0.609. The van der Waals surface area contributed by atoms with Crippen LogP contribution >= 0.6 is 11.6 Å². The van der Waals surface area contributed by atoms with Gasteiger partial charge in [0.1, 0.15) is 18.1 Å². The van der Waals surface area contributed by atoms with Crippen molar-refractivity contribution in [2.45, 2.75) is 59.0 Å². The second-order valence-corrected chi connectivity index (χ2v) is 10.8. The third-order valence-electron chi connectivity index (χ3n) is 3.96. The highest BCUT2D eigenvalue weighted by molar-refractivity contribution is 6.48. The number of hydrogen-bond donors (Lipinski definition) is 0. The minimum Gasteiger partial charge on any atom is -0.490 e. The summed E-state index contributed by atoms with van der Waals surface area (Å²) in [5.74, 6) is 0.660. The van der Waals surface area contributed by atoms with Gasteiger partial charge in [0.15, 0.2) is 6.10 Å². The molecule has 1 aliphatic heterocycles. The Kier molecular flexibility index (Phi) is 6.63. The number of carbonyl (C=O) groups excluding carboxylic acids is 1. The summed E-state index contributed by atoms with van der Waals surface area (Å²) >= 11 is 5.97. The van der Waals surface area contributed by atoms with Gasteiger partial charge in [-0.05, 0) is 50.1 Å². The Morgan fingerprint density at radius 1 is 1.31 bits per heavy atom. The van der Waals surface area contributed by atoms with Crippen LogP contribution in [0.4, 0.5) is 4.79 Å². The Bertz CT molecular complexity index is 634. The summed E-state index contributed by atoms with van der Waals surface area (Å²) < 4.78 is 17.5. The van der Waals surface area contributed by atoms with Crippen molar-refractivity contribution in [1.29, 1.82) is 0 Å². The van der Waals surface area contributed by atoms with E-state index in [1.165, 1.54) is 0 Å². The second-order valence-electron chi connectivity index (χ2n) is 8.31. The highest BCUT2D eigenvalue weighted by Crippen LogP contribution is 2.35. The first-order valence-electron chi connectivity index (χ1n) is 8.84. The molecule has 1 saturated heterocycles. The van der Waals surface area contributed by atoms with Crippen LogP contribution in [0.3, 0.4) is 0 Å². The summed E-state index contributed by atoms with van der Waals surface area (Å²) in [5.41, 5.74) is -0.667. The highest BCUT2D eigenvalue weighted by Gasteiger charge is 2.46. The van der Waals surface area contributed by atoms with Crippen molar-refractivity contribution in [3.8, 4) is 5.75 Å². The van der Waals surface area contributed by atoms with Crippen molar-refractivity contribution < 1.29 is 18.7 Å². The molecule has 0 aliphatic carbocycles. The van der Waals surface area contributed by atoms with Crippen LogP contribution in [0.5, 0.6) is 5.75 Å². The molecule has 0 unspecified atom stereocenters. The molecular weight excluding hydrogens is 370 g/mol. The smallest absolute Gasteiger partial charge is 0.412 e. The fourth-order valence-corrected chi connectivity index (χ4v) is 4.59. The molecule has 0 aromatic heterocycles. The molecule has 5 nitrogen and oxygen atoms in total. The molecule has 7 heteroatoms. The molecule has 26 heavy (non-hydrogen) atoms. The second kappa shape index (κ2) is 8.19. The third-order valence-corrected chi connectivity index (χ3v) is 5.04. The Hall–Kier alpha value is -1.24. The van der Waals surface area contributed by atoms with Crippen LogP contribution < -0.4 is 4.74 Å². The number of carbonyl (C=O) groups is 1. The number of benzene rings is 1. The van der Waals surface area contributed by atoms with Crippen LogP contribution in [0, 0.1) is 5.41 Å². The number of hydrogen-bond acceptors (Lipinski definition) is 4. The van der Waals surface area contributed by atoms with E-state index in [2.05, 4.69) is 33.9 Å². The molecule has 1 aromatic rings. The maximum absolute atomic E-state index is 12.5. The first-order valence-corrected chi connectivity index (χ1v) is 11.6. The lowest BCUT2D eigenvalue weighted by Crippen LogP contribution is -2.53. The SMILES string of the molecule is C[Si](C)O[C@@](C)(CC(C)(C)C)N1C[C@@H](COc2cccc(Cl)c2)OC1=O. The van der Waals surface area contributed by atoms with Crippen molar-refractivity contribution in [2.24, 2.45) is 5.41 Å². The maximum Gasteiger partial charge on any atom is 0.412 e. The van der Waals surface area contributed by atoms with Gasteiger partial charge in [-0.3, -0.25) is 4.90 Å². The number of nitrogens with zero attached hydrogens (tertiary/aromatic N) is 1. The predicted molar refractivity (Wildman–Crippen MR) is 105 cm³/mol. The van der Waals surface area contributed by atoms with E-state index in [0.717, 1.165) is 6.42 Å². The zero-order valence-electron chi connectivity index (χ0n) is 16.5. The van der Waals surface area contributed by atoms with Gasteiger partial charge in [0.05, 0.1) is 6.54 Å². The summed E-state index contributed by atoms with van der Waals surface area (Å²) in [5, 5.41) is 0.610. The van der Waals surface area contributed by atoms with E-state index in [0.29, 0.717) is 17.3 Å². The van der Waals surface area contributed by atoms with E-state index in [9.17, 15) is 4.79 Å². The van der Waals surface area contributed by atoms with E-state index in [1.54, 1.807) is 17.0 Å². The molecule has 0 N–H and O–H groups in total. The van der Waals surface area contributed by atoms with E-state index in [4.69, 9.17) is 25.5 Å². The van der Waals surface area contributed by atoms with Gasteiger partial charge in [-0.1, -0.05) is 38.4 Å². The lowest BCUT2D eigenvalue weighted by atomic mass is 9.86. The monoisotopic (exact) mass is 398 g/mol. The molecule has 145 valence electrons. The lowest BCUT2D eigenvalue weighted by molar-refractivity contribution is -0.0663. The average Bonchev–Trinajstić information content (AvgIpc) is 2.84. The van der Waals surface area contributed by atoms with Crippen LogP contribution in [-0.2, 0) is 9.16 Å². The first kappa shape index (κ1) is 21.1. The normalized spacial score (nSPS) is 20.2. The Balaban J connectivity index is 2.05. The highest BCUT2D eigenvalue weighted by atomic mass is 35.5. The number of cyclic esters (lactones) is 1. The summed E-state index contributed by atoms with van der Waals surface area (Å²) in [6.45, 7) is 13.3. The fraction of sp³-hybridized carbons (Fsp3) is 0.632. The molecule has 0 bridgehead atoms. The molecule has 2 atom stereocenters. The number of halogens is 1. The van der Waals surface area contributed by atoms with Crippen LogP contribution in [0.25, 0.3) is 0 Å². The fourth-order valence-electron chi connectivity index (χ4n) is 3.35. The summed E-state index contributed by atoms with van der Waals surface area (Å²) in [6, 6.07) is 7.18. The predicted octanol–water partition coefficient (Wildman–Crippen LogP) is 4.96. The zero-order valence-corrected chi connectivity index (χ0v) is 18.2. The molecule has 1 amide bonds. The average molecular weight is 399 g/mol. The molecule has 0 saturated carbocycles. The molecule has 1 aliphatic rings. The van der Waals surface area contributed by atoms with Gasteiger partial charge in [-0.25, -0.2) is 4.79 Å². The van der Waals surface area contributed by atoms with Crippen LogP contribution in [0.2, 0.25) is 18.1 Å². The van der Waals surface area contributed by atoms with Crippen molar-refractivity contribution in [3.05, 3.63) is 29.3 Å². The summed E-state index contributed by atoms with van der Waals surface area (Å²) in [7, 11) is -0.995. The molecular formula is C19H29ClNO4Si. The van der Waals surface area contributed by atoms with E-state index in [1.807, 2.05) is 19.1 Å². The molecule has 0 spiro atoms. The maximum atomic E-state index is 12.5.